The molecule has 0 heteroatoms. The van der Waals surface area contributed by atoms with Gasteiger partial charge in [0.25, 0.3) is 0 Å². The molecule has 0 aromatic heterocycles. The van der Waals surface area contributed by atoms with Crippen molar-refractivity contribution in [2.75, 3.05) is 0 Å². The molecule has 0 amide bonds. The predicted molar refractivity (Wildman–Crippen MR) is 80.9 cm³/mol. The molecule has 0 N–H and O–H groups in total. The highest BCUT2D eigenvalue weighted by molar-refractivity contribution is 5.64. The second kappa shape index (κ2) is 6.39. The summed E-state index contributed by atoms with van der Waals surface area (Å²) < 4.78 is 0. The van der Waals surface area contributed by atoms with E-state index < -0.39 is 0 Å². The van der Waals surface area contributed by atoms with Crippen molar-refractivity contribution >= 4 is 0 Å². The molecule has 0 fully saturated rings. The van der Waals surface area contributed by atoms with Gasteiger partial charge in [-0.2, -0.15) is 0 Å². The summed E-state index contributed by atoms with van der Waals surface area (Å²) in [6, 6.07) is 0. The first kappa shape index (κ1) is 14.5. The van der Waals surface area contributed by atoms with Crippen molar-refractivity contribution in [3.05, 3.63) is 71.9 Å². The van der Waals surface area contributed by atoms with Crippen LogP contribution in [0, 0.1) is 38.5 Å². The first-order chi connectivity index (χ1) is 8.69. The van der Waals surface area contributed by atoms with E-state index in [0.29, 0.717) is 0 Å². The highest BCUT2D eigenvalue weighted by Crippen LogP contribution is 2.34. The lowest BCUT2D eigenvalue weighted by atomic mass is 9.81. The quantitative estimate of drug-likeness (QED) is 0.605. The Bertz CT molecular complexity index is 278. The maximum absolute atomic E-state index is 2.21. The van der Waals surface area contributed by atoms with Crippen LogP contribution in [0.5, 0.6) is 0 Å². The van der Waals surface area contributed by atoms with Gasteiger partial charge in [-0.25, -0.2) is 38.5 Å². The summed E-state index contributed by atoms with van der Waals surface area (Å²) in [7, 11) is 0. The van der Waals surface area contributed by atoms with Gasteiger partial charge in [0.15, 0.2) is 0 Å². The van der Waals surface area contributed by atoms with Gasteiger partial charge in [-0.1, -0.05) is 0 Å². The Morgan fingerprint density at radius 1 is 0.333 bits per heavy atom. The molecule has 0 aliphatic rings. The summed E-state index contributed by atoms with van der Waals surface area (Å²) in [5.74, 6) is 0. The molecule has 18 heavy (non-hydrogen) atoms. The van der Waals surface area contributed by atoms with Gasteiger partial charge in [0.05, 0.1) is 0 Å². The Labute approximate surface area is 114 Å². The zero-order valence-electron chi connectivity index (χ0n) is 12.5. The molecule has 0 saturated heterocycles. The lowest BCUT2D eigenvalue weighted by Crippen LogP contribution is -2.08. The Morgan fingerprint density at radius 2 is 0.444 bits per heavy atom. The smallest absolute Gasteiger partial charge is 0.103 e. The van der Waals surface area contributed by atoms with Crippen LogP contribution in [0.3, 0.4) is 0 Å². The SMILES string of the molecule is C[CH-]c1c([CH-]C)c([CH-]C)c([CH-]C)c([CH-]C)c1[CH-]C. The second-order valence-electron chi connectivity index (χ2n) is 4.21. The van der Waals surface area contributed by atoms with E-state index >= 15 is 0 Å². The molecular formula is C18H24-6. The maximum atomic E-state index is 2.21. The third-order valence-electron chi connectivity index (χ3n) is 3.47. The fraction of sp³-hybridized carbons (Fsp3) is 0.333. The topological polar surface area (TPSA) is 0 Å². The van der Waals surface area contributed by atoms with Crippen molar-refractivity contribution in [1.82, 2.24) is 0 Å². The lowest BCUT2D eigenvalue weighted by Gasteiger charge is -2.49. The monoisotopic (exact) mass is 240 g/mol. The highest BCUT2D eigenvalue weighted by atomic mass is 14.2. The molecule has 0 bridgehead atoms. The molecule has 0 nitrogen and oxygen atoms in total. The Kier molecular flexibility index (Phi) is 5.15. The van der Waals surface area contributed by atoms with Crippen molar-refractivity contribution < 1.29 is 0 Å². The number of hydrogen-bond donors (Lipinski definition) is 0. The van der Waals surface area contributed by atoms with Crippen molar-refractivity contribution in [2.24, 2.45) is 0 Å². The minimum absolute atomic E-state index is 1.34. The van der Waals surface area contributed by atoms with Gasteiger partial charge >= 0.3 is 0 Å². The summed E-state index contributed by atoms with van der Waals surface area (Å²) in [5, 5.41) is 0. The largest absolute Gasteiger partial charge is 0.316 e. The molecule has 0 aliphatic heterocycles. The Hall–Kier alpha value is -1.56. The summed E-state index contributed by atoms with van der Waals surface area (Å²) in [6.07, 6.45) is 13.3. The van der Waals surface area contributed by atoms with Gasteiger partial charge in [-0.05, 0) is 0 Å². The molecule has 102 valence electrons. The Balaban J connectivity index is 3.71. The van der Waals surface area contributed by atoms with E-state index in [4.69, 9.17) is 0 Å². The van der Waals surface area contributed by atoms with E-state index in [9.17, 15) is 0 Å². The zero-order chi connectivity index (χ0) is 13.7. The van der Waals surface area contributed by atoms with Crippen LogP contribution in [0.15, 0.2) is 0 Å². The van der Waals surface area contributed by atoms with Gasteiger partial charge < -0.3 is 33.4 Å². The van der Waals surface area contributed by atoms with Crippen molar-refractivity contribution in [1.29, 1.82) is 0 Å². The third-order valence-corrected chi connectivity index (χ3v) is 3.47. The van der Waals surface area contributed by atoms with Crippen LogP contribution >= 0.6 is 0 Å². The highest BCUT2D eigenvalue weighted by Gasteiger charge is 1.93. The summed E-state index contributed by atoms with van der Waals surface area (Å²) in [6.45, 7) is 12.7. The molecular weight excluding hydrogens is 216 g/mol. The van der Waals surface area contributed by atoms with Gasteiger partial charge in [-0.3, -0.25) is 0 Å². The van der Waals surface area contributed by atoms with E-state index in [-0.39, 0.29) is 0 Å². The minimum Gasteiger partial charge on any atom is -0.316 e. The Morgan fingerprint density at radius 3 is 0.500 bits per heavy atom. The van der Waals surface area contributed by atoms with E-state index in [1.807, 2.05) is 0 Å². The summed E-state index contributed by atoms with van der Waals surface area (Å²) in [5.41, 5.74) is 8.04. The van der Waals surface area contributed by atoms with E-state index in [1.54, 1.807) is 0 Å². The van der Waals surface area contributed by atoms with E-state index in [0.717, 1.165) is 0 Å². The van der Waals surface area contributed by atoms with E-state index in [1.165, 1.54) is 33.4 Å². The van der Waals surface area contributed by atoms with Gasteiger partial charge in [0.1, 0.15) is 0 Å². The molecule has 0 radical (unpaired) electrons. The molecule has 1 aromatic carbocycles. The molecule has 0 saturated carbocycles. The first-order valence-electron chi connectivity index (χ1n) is 6.70. The fourth-order valence-corrected chi connectivity index (χ4v) is 2.74. The van der Waals surface area contributed by atoms with Crippen LogP contribution in [0.25, 0.3) is 0 Å². The zero-order valence-corrected chi connectivity index (χ0v) is 12.5. The van der Waals surface area contributed by atoms with Crippen LogP contribution in [0.1, 0.15) is 74.9 Å². The predicted octanol–water partition coefficient (Wildman–Crippen LogP) is 5.12. The van der Waals surface area contributed by atoms with Crippen LogP contribution in [-0.4, -0.2) is 0 Å². The van der Waals surface area contributed by atoms with Crippen molar-refractivity contribution in [3.63, 3.8) is 0 Å². The number of hydrogen-bond acceptors (Lipinski definition) is 0. The standard InChI is InChI=1S/C18H24/c1-7-13-14(8-2)16(10-4)18(12-6)17(11-5)15(13)9-3/h7-12H,1-6H3/q-6. The number of benzene rings is 1. The average Bonchev–Trinajstić information content (AvgIpc) is 2.43. The van der Waals surface area contributed by atoms with Gasteiger partial charge in [0.2, 0.25) is 0 Å². The first-order valence-corrected chi connectivity index (χ1v) is 6.70. The molecule has 0 atom stereocenters. The van der Waals surface area contributed by atoms with Crippen LogP contribution in [0.4, 0.5) is 0 Å². The van der Waals surface area contributed by atoms with E-state index in [2.05, 4.69) is 80.1 Å². The summed E-state index contributed by atoms with van der Waals surface area (Å²) in [4.78, 5) is 0. The maximum Gasteiger partial charge on any atom is -0.103 e. The summed E-state index contributed by atoms with van der Waals surface area (Å²) >= 11 is 0. The molecule has 0 heterocycles. The van der Waals surface area contributed by atoms with Crippen LogP contribution in [-0.2, 0) is 0 Å². The normalized spacial score (nSPS) is 9.67. The molecule has 1 rings (SSSR count). The van der Waals surface area contributed by atoms with Gasteiger partial charge in [0, 0.05) is 0 Å². The molecule has 0 spiro atoms. The minimum atomic E-state index is 1.34. The molecule has 0 aliphatic carbocycles. The van der Waals surface area contributed by atoms with Crippen molar-refractivity contribution in [2.45, 2.75) is 41.5 Å². The molecule has 0 unspecified atom stereocenters. The average molecular weight is 240 g/mol. The second-order valence-corrected chi connectivity index (χ2v) is 4.21. The fourth-order valence-electron chi connectivity index (χ4n) is 2.74. The third kappa shape index (κ3) is 2.20. The van der Waals surface area contributed by atoms with Crippen LogP contribution in [0.2, 0.25) is 0 Å². The lowest BCUT2D eigenvalue weighted by molar-refractivity contribution is 1.14. The van der Waals surface area contributed by atoms with Crippen molar-refractivity contribution in [3.8, 4) is 0 Å². The van der Waals surface area contributed by atoms with Gasteiger partial charge in [-0.15, -0.1) is 41.5 Å². The number of rotatable bonds is 6. The molecule has 1 aromatic rings. The van der Waals surface area contributed by atoms with Crippen LogP contribution < -0.4 is 0 Å².